The third-order valence-electron chi connectivity index (χ3n) is 7.10. The van der Waals surface area contributed by atoms with Gasteiger partial charge in [0.2, 0.25) is 21.8 Å². The molecule has 0 bridgehead atoms. The summed E-state index contributed by atoms with van der Waals surface area (Å²) >= 11 is 0. The first-order valence-electron chi connectivity index (χ1n) is 12.3. The summed E-state index contributed by atoms with van der Waals surface area (Å²) in [6.45, 7) is 8.23. The van der Waals surface area contributed by atoms with Gasteiger partial charge in [0.1, 0.15) is 6.04 Å². The number of piperazine rings is 1. The van der Waals surface area contributed by atoms with Crippen LogP contribution in [0.3, 0.4) is 0 Å². The molecule has 1 aliphatic carbocycles. The van der Waals surface area contributed by atoms with Crippen LogP contribution in [0.25, 0.3) is 0 Å². The topological polar surface area (TPSA) is 86.8 Å². The lowest BCUT2D eigenvalue weighted by molar-refractivity contribution is -0.134. The van der Waals surface area contributed by atoms with E-state index in [9.17, 15) is 18.0 Å². The summed E-state index contributed by atoms with van der Waals surface area (Å²) in [7, 11) is -3.91. The highest BCUT2D eigenvalue weighted by atomic mass is 32.2. The lowest BCUT2D eigenvalue weighted by Gasteiger charge is -2.39. The number of carbonyl (C=O) groups excluding carboxylic acids is 2. The normalized spacial score (nSPS) is 19.1. The van der Waals surface area contributed by atoms with Gasteiger partial charge in [-0.05, 0) is 66.0 Å². The monoisotopic (exact) mass is 497 g/mol. The molecule has 1 heterocycles. The first-order chi connectivity index (χ1) is 16.6. The summed E-state index contributed by atoms with van der Waals surface area (Å²) < 4.78 is 28.3. The Kier molecular flexibility index (Phi) is 7.33. The van der Waals surface area contributed by atoms with E-state index >= 15 is 0 Å². The van der Waals surface area contributed by atoms with E-state index in [4.69, 9.17) is 0 Å². The van der Waals surface area contributed by atoms with Crippen LogP contribution in [0.1, 0.15) is 67.7 Å². The molecule has 8 heteroatoms. The Balaban J connectivity index is 1.53. The van der Waals surface area contributed by atoms with Crippen LogP contribution in [-0.2, 0) is 26.2 Å². The van der Waals surface area contributed by atoms with Crippen molar-refractivity contribution in [3.8, 4) is 0 Å². The highest BCUT2D eigenvalue weighted by Gasteiger charge is 2.40. The molecule has 2 aromatic rings. The van der Waals surface area contributed by atoms with Gasteiger partial charge < -0.3 is 10.2 Å². The summed E-state index contributed by atoms with van der Waals surface area (Å²) in [5, 5.41) is 2.93. The molecule has 35 heavy (non-hydrogen) atoms. The lowest BCUT2D eigenvalue weighted by atomic mass is 10.0. The van der Waals surface area contributed by atoms with Gasteiger partial charge in [0, 0.05) is 33.1 Å². The van der Waals surface area contributed by atoms with E-state index in [-0.39, 0.29) is 36.4 Å². The molecular formula is C27H35N3O4S. The second kappa shape index (κ2) is 10.1. The van der Waals surface area contributed by atoms with Crippen LogP contribution >= 0.6 is 0 Å². The minimum Gasteiger partial charge on any atom is -0.351 e. The summed E-state index contributed by atoms with van der Waals surface area (Å²) in [5.74, 6) is 0.369. The van der Waals surface area contributed by atoms with Crippen LogP contribution in [0.15, 0.2) is 47.4 Å². The van der Waals surface area contributed by atoms with Crippen LogP contribution in [0.5, 0.6) is 0 Å². The summed E-state index contributed by atoms with van der Waals surface area (Å²) in [4.78, 5) is 27.0. The molecule has 188 valence electrons. The third-order valence-corrected chi connectivity index (χ3v) is 9.02. The Morgan fingerprint density at radius 1 is 1.06 bits per heavy atom. The quantitative estimate of drug-likeness (QED) is 0.634. The molecule has 4 rings (SSSR count). The van der Waals surface area contributed by atoms with Gasteiger partial charge in [-0.25, -0.2) is 8.42 Å². The van der Waals surface area contributed by atoms with Crippen LogP contribution in [0.4, 0.5) is 0 Å². The van der Waals surface area contributed by atoms with Crippen LogP contribution < -0.4 is 5.32 Å². The second-order valence-corrected chi connectivity index (χ2v) is 11.9. The number of aryl methyl sites for hydroxylation is 1. The number of carbonyl (C=O) groups is 2. The summed E-state index contributed by atoms with van der Waals surface area (Å²) in [5.41, 5.74) is 4.49. The predicted molar refractivity (Wildman–Crippen MR) is 135 cm³/mol. The maximum Gasteiger partial charge on any atom is 0.243 e. The standard InChI is InChI=1S/C27H35N3O4S/c1-18(2)21-9-11-25(12-10-21)35(33,34)30-14-13-29(20(4)31)17-26(30)27(32)28-16-24-8-7-23(15-19(24)3)22-5-6-22/h7-12,15,18,22,26H,5-6,13-14,16-17H2,1-4H3,(H,28,32)/t26-/m1/s1. The molecule has 0 aromatic heterocycles. The molecule has 1 atom stereocenters. The fourth-order valence-electron chi connectivity index (χ4n) is 4.60. The molecule has 7 nitrogen and oxygen atoms in total. The van der Waals surface area contributed by atoms with Crippen molar-refractivity contribution >= 4 is 21.8 Å². The van der Waals surface area contributed by atoms with Crippen molar-refractivity contribution in [2.45, 2.75) is 69.9 Å². The molecule has 1 aliphatic heterocycles. The van der Waals surface area contributed by atoms with Crippen molar-refractivity contribution < 1.29 is 18.0 Å². The van der Waals surface area contributed by atoms with Gasteiger partial charge in [-0.3, -0.25) is 9.59 Å². The number of hydrogen-bond donors (Lipinski definition) is 1. The average Bonchev–Trinajstić information content (AvgIpc) is 3.68. The van der Waals surface area contributed by atoms with Gasteiger partial charge >= 0.3 is 0 Å². The fraction of sp³-hybridized carbons (Fsp3) is 0.481. The number of sulfonamides is 1. The molecule has 1 N–H and O–H groups in total. The Bertz CT molecular complexity index is 1200. The molecule has 1 saturated carbocycles. The van der Waals surface area contributed by atoms with Gasteiger partial charge in [0.05, 0.1) is 4.90 Å². The zero-order valence-electron chi connectivity index (χ0n) is 21.0. The number of nitrogens with zero attached hydrogens (tertiary/aromatic N) is 2. The number of amides is 2. The van der Waals surface area contributed by atoms with Crippen molar-refractivity contribution in [3.63, 3.8) is 0 Å². The van der Waals surface area contributed by atoms with Gasteiger partial charge in [-0.2, -0.15) is 4.31 Å². The second-order valence-electron chi connectivity index (χ2n) is 10.00. The molecule has 0 radical (unpaired) electrons. The average molecular weight is 498 g/mol. The van der Waals surface area contributed by atoms with Crippen LogP contribution in [-0.4, -0.2) is 55.1 Å². The van der Waals surface area contributed by atoms with E-state index < -0.39 is 22.0 Å². The molecule has 1 saturated heterocycles. The lowest BCUT2D eigenvalue weighted by Crippen LogP contribution is -2.61. The first kappa shape index (κ1) is 25.4. The number of nitrogens with one attached hydrogen (secondary N) is 1. The Labute approximate surface area is 208 Å². The zero-order chi connectivity index (χ0) is 25.3. The molecular weight excluding hydrogens is 462 g/mol. The maximum atomic E-state index is 13.5. The van der Waals surface area contributed by atoms with Crippen molar-refractivity contribution in [2.75, 3.05) is 19.6 Å². The van der Waals surface area contributed by atoms with Gasteiger partial charge in [-0.1, -0.05) is 44.2 Å². The maximum absolute atomic E-state index is 13.5. The molecule has 2 aliphatic rings. The van der Waals surface area contributed by atoms with Gasteiger partial charge in [0.25, 0.3) is 0 Å². The third kappa shape index (κ3) is 5.59. The number of hydrogen-bond acceptors (Lipinski definition) is 4. The van der Waals surface area contributed by atoms with Gasteiger partial charge in [0.15, 0.2) is 0 Å². The molecule has 2 amide bonds. The largest absolute Gasteiger partial charge is 0.351 e. The van der Waals surface area contributed by atoms with Crippen molar-refractivity contribution in [1.82, 2.24) is 14.5 Å². The van der Waals surface area contributed by atoms with E-state index in [1.807, 2.05) is 39.0 Å². The number of rotatable bonds is 7. The minimum atomic E-state index is -3.91. The molecule has 0 unspecified atom stereocenters. The summed E-state index contributed by atoms with van der Waals surface area (Å²) in [6, 6.07) is 12.2. The van der Waals surface area contributed by atoms with Crippen LogP contribution in [0.2, 0.25) is 0 Å². The Morgan fingerprint density at radius 3 is 2.31 bits per heavy atom. The molecule has 2 aromatic carbocycles. The summed E-state index contributed by atoms with van der Waals surface area (Å²) in [6.07, 6.45) is 2.46. The fourth-order valence-corrected chi connectivity index (χ4v) is 6.17. The van der Waals surface area contributed by atoms with Crippen molar-refractivity contribution in [2.24, 2.45) is 0 Å². The highest BCUT2D eigenvalue weighted by Crippen LogP contribution is 2.40. The van der Waals surface area contributed by atoms with Gasteiger partial charge in [-0.15, -0.1) is 0 Å². The van der Waals surface area contributed by atoms with E-state index in [1.54, 1.807) is 12.1 Å². The van der Waals surface area contributed by atoms with E-state index in [1.165, 1.54) is 34.5 Å². The smallest absolute Gasteiger partial charge is 0.243 e. The van der Waals surface area contributed by atoms with Crippen molar-refractivity contribution in [1.29, 1.82) is 0 Å². The van der Waals surface area contributed by atoms with Crippen molar-refractivity contribution in [3.05, 3.63) is 64.7 Å². The Morgan fingerprint density at radius 2 is 1.74 bits per heavy atom. The zero-order valence-corrected chi connectivity index (χ0v) is 21.8. The van der Waals surface area contributed by atoms with E-state index in [0.717, 1.165) is 16.7 Å². The first-order valence-corrected chi connectivity index (χ1v) is 13.8. The Hall–Kier alpha value is -2.71. The molecule has 2 fully saturated rings. The van der Waals surface area contributed by atoms with Crippen LogP contribution in [0, 0.1) is 6.92 Å². The number of benzene rings is 2. The molecule has 0 spiro atoms. The van der Waals surface area contributed by atoms with E-state index in [2.05, 4.69) is 17.4 Å². The minimum absolute atomic E-state index is 0.0318. The SMILES string of the molecule is CC(=O)N1CCN(S(=O)(=O)c2ccc(C(C)C)cc2)[C@@H](C(=O)NCc2ccc(C3CC3)cc2C)C1. The predicted octanol–water partition coefficient (Wildman–Crippen LogP) is 3.53. The van der Waals surface area contributed by atoms with E-state index in [0.29, 0.717) is 12.5 Å². The highest BCUT2D eigenvalue weighted by molar-refractivity contribution is 7.89.